The number of ether oxygens (including phenoxy) is 1. The maximum atomic E-state index is 14.2. The van der Waals surface area contributed by atoms with Crippen molar-refractivity contribution in [1.29, 1.82) is 0 Å². The zero-order valence-electron chi connectivity index (χ0n) is 24.1. The molecule has 3 aromatic rings. The van der Waals surface area contributed by atoms with Gasteiger partial charge in [0.2, 0.25) is 11.8 Å². The van der Waals surface area contributed by atoms with Crippen molar-refractivity contribution in [3.63, 3.8) is 0 Å². The minimum Gasteiger partial charge on any atom is -0.497 e. The SMILES string of the molecule is CC[C@H](C)NC(=O)[C@H](CC)N(Cc1cccc(OC)c1)C(=O)CN(c1ccccc1Cl)S(=O)(=O)c1ccc(C)cc1. The molecular weight excluding hydrogens is 562 g/mol. The normalized spacial score (nSPS) is 12.7. The summed E-state index contributed by atoms with van der Waals surface area (Å²) < 4.78 is 34.3. The summed E-state index contributed by atoms with van der Waals surface area (Å²) in [5.74, 6) is -0.245. The molecule has 0 saturated heterocycles. The van der Waals surface area contributed by atoms with Crippen LogP contribution < -0.4 is 14.4 Å². The van der Waals surface area contributed by atoms with Gasteiger partial charge in [0.05, 0.1) is 22.7 Å². The molecule has 0 unspecified atom stereocenters. The molecule has 0 aliphatic heterocycles. The smallest absolute Gasteiger partial charge is 0.264 e. The van der Waals surface area contributed by atoms with E-state index in [4.69, 9.17) is 16.3 Å². The Bertz CT molecular complexity index is 1450. The first-order valence-electron chi connectivity index (χ1n) is 13.6. The number of para-hydroxylation sites is 1. The molecule has 0 aliphatic carbocycles. The lowest BCUT2D eigenvalue weighted by Crippen LogP contribution is -2.53. The number of methoxy groups -OCH3 is 1. The highest BCUT2D eigenvalue weighted by Gasteiger charge is 2.34. The third-order valence-electron chi connectivity index (χ3n) is 6.88. The van der Waals surface area contributed by atoms with Gasteiger partial charge in [-0.1, -0.05) is 67.4 Å². The van der Waals surface area contributed by atoms with Gasteiger partial charge in [-0.3, -0.25) is 13.9 Å². The molecule has 10 heteroatoms. The molecule has 0 bridgehead atoms. The first-order chi connectivity index (χ1) is 19.5. The van der Waals surface area contributed by atoms with Gasteiger partial charge in [-0.2, -0.15) is 0 Å². The van der Waals surface area contributed by atoms with Crippen molar-refractivity contribution in [3.05, 3.63) is 88.9 Å². The molecule has 2 amide bonds. The van der Waals surface area contributed by atoms with Crippen LogP contribution in [-0.4, -0.2) is 50.9 Å². The van der Waals surface area contributed by atoms with Gasteiger partial charge < -0.3 is 15.0 Å². The molecule has 0 spiro atoms. The predicted octanol–water partition coefficient (Wildman–Crippen LogP) is 5.57. The number of aryl methyl sites for hydroxylation is 1. The van der Waals surface area contributed by atoms with Crippen LogP contribution in [0.1, 0.15) is 44.7 Å². The van der Waals surface area contributed by atoms with E-state index in [1.807, 2.05) is 33.8 Å². The molecule has 3 rings (SSSR count). The van der Waals surface area contributed by atoms with Crippen molar-refractivity contribution < 1.29 is 22.7 Å². The minimum absolute atomic E-state index is 0.0247. The van der Waals surface area contributed by atoms with Crippen molar-refractivity contribution in [3.8, 4) is 5.75 Å². The molecule has 0 saturated carbocycles. The third-order valence-corrected chi connectivity index (χ3v) is 8.98. The van der Waals surface area contributed by atoms with Crippen LogP contribution in [0.4, 0.5) is 5.69 Å². The highest BCUT2D eigenvalue weighted by Crippen LogP contribution is 2.31. The van der Waals surface area contributed by atoms with Crippen molar-refractivity contribution in [2.24, 2.45) is 0 Å². The number of carbonyl (C=O) groups is 2. The molecule has 220 valence electrons. The summed E-state index contributed by atoms with van der Waals surface area (Å²) in [6.07, 6.45) is 1.05. The second kappa shape index (κ2) is 14.4. The lowest BCUT2D eigenvalue weighted by molar-refractivity contribution is -0.140. The first-order valence-corrected chi connectivity index (χ1v) is 15.4. The van der Waals surface area contributed by atoms with Gasteiger partial charge in [0, 0.05) is 12.6 Å². The van der Waals surface area contributed by atoms with Crippen molar-refractivity contribution >= 4 is 39.1 Å². The summed E-state index contributed by atoms with van der Waals surface area (Å²) in [6, 6.07) is 19.1. The number of hydrogen-bond acceptors (Lipinski definition) is 5. The number of hydrogen-bond donors (Lipinski definition) is 1. The molecule has 0 radical (unpaired) electrons. The fourth-order valence-electron chi connectivity index (χ4n) is 4.33. The number of carbonyl (C=O) groups excluding carboxylic acids is 2. The Kier molecular flexibility index (Phi) is 11.2. The van der Waals surface area contributed by atoms with Crippen molar-refractivity contribution in [1.82, 2.24) is 10.2 Å². The van der Waals surface area contributed by atoms with E-state index < -0.39 is 28.5 Å². The highest BCUT2D eigenvalue weighted by atomic mass is 35.5. The summed E-state index contributed by atoms with van der Waals surface area (Å²) in [6.45, 7) is 7.05. The molecule has 0 aliphatic rings. The average Bonchev–Trinajstić information content (AvgIpc) is 2.96. The summed E-state index contributed by atoms with van der Waals surface area (Å²) in [5, 5.41) is 3.15. The van der Waals surface area contributed by atoms with Gasteiger partial charge in [0.25, 0.3) is 10.0 Å². The fourth-order valence-corrected chi connectivity index (χ4v) is 6.05. The lowest BCUT2D eigenvalue weighted by Gasteiger charge is -2.34. The number of amides is 2. The van der Waals surface area contributed by atoms with E-state index in [-0.39, 0.29) is 34.1 Å². The Labute approximate surface area is 248 Å². The van der Waals surface area contributed by atoms with Crippen LogP contribution in [0.15, 0.2) is 77.7 Å². The average molecular weight is 600 g/mol. The number of nitrogens with one attached hydrogen (secondary N) is 1. The Morgan fingerprint density at radius 3 is 2.27 bits per heavy atom. The second-order valence-electron chi connectivity index (χ2n) is 9.89. The summed E-state index contributed by atoms with van der Waals surface area (Å²) in [5.41, 5.74) is 1.80. The Morgan fingerprint density at radius 2 is 1.66 bits per heavy atom. The first kappa shape index (κ1) is 32.0. The molecule has 3 aromatic carbocycles. The number of nitrogens with zero attached hydrogens (tertiary/aromatic N) is 2. The zero-order chi connectivity index (χ0) is 30.2. The van der Waals surface area contributed by atoms with Crippen LogP contribution in [0.3, 0.4) is 0 Å². The standard InChI is InChI=1S/C31H38ClN3O5S/c1-6-23(4)33-31(37)28(7-2)34(20-24-11-10-12-25(19-24)40-5)30(36)21-35(29-14-9-8-13-27(29)32)41(38,39)26-17-15-22(3)16-18-26/h8-19,23,28H,6-7,20-21H2,1-5H3,(H,33,37)/t23-,28-/m0/s1. The van der Waals surface area contributed by atoms with Crippen LogP contribution in [0.5, 0.6) is 5.75 Å². The van der Waals surface area contributed by atoms with E-state index in [0.717, 1.165) is 21.9 Å². The van der Waals surface area contributed by atoms with Crippen molar-refractivity contribution in [2.75, 3.05) is 18.0 Å². The maximum absolute atomic E-state index is 14.2. The molecule has 41 heavy (non-hydrogen) atoms. The number of rotatable bonds is 13. The van der Waals surface area contributed by atoms with E-state index in [9.17, 15) is 18.0 Å². The van der Waals surface area contributed by atoms with Gasteiger partial charge in [-0.25, -0.2) is 8.42 Å². The van der Waals surface area contributed by atoms with Gasteiger partial charge in [-0.05, 0) is 68.7 Å². The van der Waals surface area contributed by atoms with Crippen LogP contribution in [-0.2, 0) is 26.2 Å². The molecule has 0 heterocycles. The molecule has 0 fully saturated rings. The molecule has 0 aromatic heterocycles. The quantitative estimate of drug-likeness (QED) is 0.277. The molecule has 8 nitrogen and oxygen atoms in total. The van der Waals surface area contributed by atoms with E-state index in [2.05, 4.69) is 5.32 Å². The molecular formula is C31H38ClN3O5S. The number of halogens is 1. The summed E-state index contributed by atoms with van der Waals surface area (Å²) >= 11 is 6.47. The fraction of sp³-hybridized carbons (Fsp3) is 0.355. The van der Waals surface area contributed by atoms with Gasteiger partial charge in [0.15, 0.2) is 0 Å². The van der Waals surface area contributed by atoms with Gasteiger partial charge >= 0.3 is 0 Å². The van der Waals surface area contributed by atoms with Crippen molar-refractivity contribution in [2.45, 2.75) is 64.1 Å². The molecule has 1 N–H and O–H groups in total. The van der Waals surface area contributed by atoms with Crippen LogP contribution in [0.25, 0.3) is 0 Å². The third kappa shape index (κ3) is 8.01. The largest absolute Gasteiger partial charge is 0.497 e. The van der Waals surface area contributed by atoms with Gasteiger partial charge in [0.1, 0.15) is 18.3 Å². The zero-order valence-corrected chi connectivity index (χ0v) is 25.7. The monoisotopic (exact) mass is 599 g/mol. The Hall–Kier alpha value is -3.56. The van der Waals surface area contributed by atoms with E-state index in [1.165, 1.54) is 17.0 Å². The van der Waals surface area contributed by atoms with E-state index in [1.54, 1.807) is 61.7 Å². The second-order valence-corrected chi connectivity index (χ2v) is 12.2. The topological polar surface area (TPSA) is 96.0 Å². The number of sulfonamides is 1. The summed E-state index contributed by atoms with van der Waals surface area (Å²) in [4.78, 5) is 29.0. The summed E-state index contributed by atoms with van der Waals surface area (Å²) in [7, 11) is -2.65. The Morgan fingerprint density at radius 1 is 0.976 bits per heavy atom. The Balaban J connectivity index is 2.08. The van der Waals surface area contributed by atoms with Crippen LogP contribution in [0, 0.1) is 6.92 Å². The molecule has 2 atom stereocenters. The van der Waals surface area contributed by atoms with Crippen LogP contribution in [0.2, 0.25) is 5.02 Å². The predicted molar refractivity (Wildman–Crippen MR) is 163 cm³/mol. The lowest BCUT2D eigenvalue weighted by atomic mass is 10.1. The number of benzene rings is 3. The highest BCUT2D eigenvalue weighted by molar-refractivity contribution is 7.92. The van der Waals surface area contributed by atoms with E-state index >= 15 is 0 Å². The number of anilines is 1. The van der Waals surface area contributed by atoms with E-state index in [0.29, 0.717) is 12.2 Å². The van der Waals surface area contributed by atoms with Crippen LogP contribution >= 0.6 is 11.6 Å². The van der Waals surface area contributed by atoms with Gasteiger partial charge in [-0.15, -0.1) is 0 Å². The maximum Gasteiger partial charge on any atom is 0.264 e. The minimum atomic E-state index is -4.20.